The van der Waals surface area contributed by atoms with Crippen molar-refractivity contribution >= 4 is 138 Å². The van der Waals surface area contributed by atoms with Gasteiger partial charge in [0.2, 0.25) is 13.4 Å². The topological polar surface area (TPSA) is 13.0 Å². The molecule has 20 rings (SSSR count). The maximum absolute atomic E-state index is 2.66. The monoisotopic (exact) mass is 1410 g/mol. The van der Waals surface area contributed by atoms with E-state index in [1.54, 1.807) is 0 Å². The van der Waals surface area contributed by atoms with Crippen LogP contribution in [-0.4, -0.2) is 13.4 Å². The SMILES string of the molecule is CC(C)(C)c1ccc(-c2ccccc2N2c3cc4c(cc3B3c5ccccc5Sc5cc(N(c6ccc(-c7ccccc7)cc6)c6cccc(-c7ccccc7)c6)cc2c53)B2c3ccccc3N(c3ccccc3)c3cc(N(c5ccc(-c6ccccc6)cc5)c5cccc(-c6ccccc6)c5)cc(c32)S4)cc1. The van der Waals surface area contributed by atoms with Crippen LogP contribution < -0.4 is 52.4 Å². The highest BCUT2D eigenvalue weighted by Crippen LogP contribution is 2.52. The Morgan fingerprint density at radius 3 is 1.19 bits per heavy atom. The molecular weight excluding hydrogens is 1340 g/mol. The summed E-state index contributed by atoms with van der Waals surface area (Å²) in [4.78, 5) is 15.1. The fourth-order valence-corrected chi connectivity index (χ4v) is 19.4. The summed E-state index contributed by atoms with van der Waals surface area (Å²) >= 11 is 3.82. The van der Waals surface area contributed by atoms with Crippen LogP contribution in [0.5, 0.6) is 0 Å². The molecular formula is C100H72B2N4S2. The highest BCUT2D eigenvalue weighted by molar-refractivity contribution is 8.00. The summed E-state index contributed by atoms with van der Waals surface area (Å²) in [6, 6.07) is 143. The molecule has 0 spiro atoms. The Kier molecular flexibility index (Phi) is 16.2. The van der Waals surface area contributed by atoms with Gasteiger partial charge in [0.15, 0.2) is 0 Å². The summed E-state index contributed by atoms with van der Waals surface area (Å²) in [6.45, 7) is 6.68. The van der Waals surface area contributed by atoms with Crippen molar-refractivity contribution < 1.29 is 0 Å². The predicted octanol–water partition coefficient (Wildman–Crippen LogP) is 23.8. The van der Waals surface area contributed by atoms with Crippen molar-refractivity contribution in [2.24, 2.45) is 0 Å². The number of hydrogen-bond donors (Lipinski definition) is 0. The molecule has 16 aromatic carbocycles. The van der Waals surface area contributed by atoms with E-state index in [0.717, 1.165) is 67.9 Å². The summed E-state index contributed by atoms with van der Waals surface area (Å²) < 4.78 is 0. The molecule has 0 saturated heterocycles. The van der Waals surface area contributed by atoms with Gasteiger partial charge in [-0.3, -0.25) is 0 Å². The summed E-state index contributed by atoms with van der Waals surface area (Å²) in [7, 11) is 0. The van der Waals surface area contributed by atoms with Crippen LogP contribution in [0.4, 0.5) is 68.2 Å². The zero-order chi connectivity index (χ0) is 72.0. The number of anilines is 12. The highest BCUT2D eigenvalue weighted by atomic mass is 32.2. The van der Waals surface area contributed by atoms with Gasteiger partial charge in [0.25, 0.3) is 0 Å². The lowest BCUT2D eigenvalue weighted by Crippen LogP contribution is -2.64. The normalized spacial score (nSPS) is 12.8. The number of rotatable bonds is 13. The van der Waals surface area contributed by atoms with E-state index in [0.29, 0.717) is 0 Å². The van der Waals surface area contributed by atoms with Crippen LogP contribution in [0.1, 0.15) is 26.3 Å². The molecule has 4 heterocycles. The lowest BCUT2D eigenvalue weighted by molar-refractivity contribution is 0.590. The van der Waals surface area contributed by atoms with Gasteiger partial charge >= 0.3 is 0 Å². The summed E-state index contributed by atoms with van der Waals surface area (Å²) in [5, 5.41) is 0. The summed E-state index contributed by atoms with van der Waals surface area (Å²) in [5.41, 5.74) is 34.1. The zero-order valence-corrected chi connectivity index (χ0v) is 61.8. The van der Waals surface area contributed by atoms with E-state index in [4.69, 9.17) is 0 Å². The van der Waals surface area contributed by atoms with Crippen molar-refractivity contribution in [1.82, 2.24) is 0 Å². The number of fused-ring (bicyclic) bond motifs is 8. The van der Waals surface area contributed by atoms with Crippen LogP contribution in [-0.2, 0) is 5.41 Å². The van der Waals surface area contributed by atoms with E-state index in [2.05, 4.69) is 423 Å². The minimum atomic E-state index is -0.117. The third-order valence-electron chi connectivity index (χ3n) is 22.1. The van der Waals surface area contributed by atoms with Gasteiger partial charge in [-0.05, 0) is 192 Å². The number of para-hydroxylation sites is 3. The largest absolute Gasteiger partial charge is 0.311 e. The number of nitrogens with zero attached hydrogens (tertiary/aromatic N) is 4. The van der Waals surface area contributed by atoms with Gasteiger partial charge in [0, 0.05) is 87.7 Å². The Bertz CT molecular complexity index is 6110. The van der Waals surface area contributed by atoms with E-state index < -0.39 is 0 Å². The lowest BCUT2D eigenvalue weighted by Gasteiger charge is -2.44. The Morgan fingerprint density at radius 2 is 0.657 bits per heavy atom. The van der Waals surface area contributed by atoms with Gasteiger partial charge < -0.3 is 19.6 Å². The first-order chi connectivity index (χ1) is 53.2. The van der Waals surface area contributed by atoms with E-state index in [9.17, 15) is 0 Å². The second-order valence-corrected chi connectivity index (χ2v) is 31.7. The van der Waals surface area contributed by atoms with Gasteiger partial charge in [-0.1, -0.05) is 328 Å². The van der Waals surface area contributed by atoms with Crippen LogP contribution in [0.25, 0.3) is 55.6 Å². The molecule has 4 nitrogen and oxygen atoms in total. The molecule has 4 aliphatic heterocycles. The van der Waals surface area contributed by atoms with Crippen molar-refractivity contribution in [3.8, 4) is 55.6 Å². The number of hydrogen-bond acceptors (Lipinski definition) is 6. The van der Waals surface area contributed by atoms with Gasteiger partial charge in [-0.15, -0.1) is 0 Å². The minimum Gasteiger partial charge on any atom is -0.311 e. The van der Waals surface area contributed by atoms with E-state index in [1.807, 2.05) is 23.5 Å². The zero-order valence-electron chi connectivity index (χ0n) is 60.1. The van der Waals surface area contributed by atoms with Crippen LogP contribution in [0, 0.1) is 0 Å². The van der Waals surface area contributed by atoms with Crippen LogP contribution in [0.15, 0.2) is 402 Å². The average molecular weight is 1420 g/mol. The third-order valence-corrected chi connectivity index (χ3v) is 24.4. The highest BCUT2D eigenvalue weighted by Gasteiger charge is 2.47. The molecule has 0 bridgehead atoms. The first-order valence-corrected chi connectivity index (χ1v) is 39.0. The minimum absolute atomic E-state index is 0.0177. The molecule has 0 amide bonds. The van der Waals surface area contributed by atoms with Crippen molar-refractivity contribution in [3.05, 3.63) is 388 Å². The molecule has 4 aliphatic rings. The molecule has 16 aromatic rings. The fourth-order valence-electron chi connectivity index (χ4n) is 17.0. The van der Waals surface area contributed by atoms with Crippen LogP contribution in [0.3, 0.4) is 0 Å². The summed E-state index contributed by atoms with van der Waals surface area (Å²) in [6.07, 6.45) is 0. The molecule has 510 valence electrons. The fraction of sp³-hybridized carbons (Fsp3) is 0.0400. The molecule has 0 N–H and O–H groups in total. The first kappa shape index (κ1) is 65.1. The molecule has 0 atom stereocenters. The van der Waals surface area contributed by atoms with E-state index >= 15 is 0 Å². The standard InChI is InChI=1S/C100H72B2N4S2/c1-100(2,3)76-53-47-73(48-54-76)84-41-19-22-44-89(84)106-91-66-95-88(65-87(91)102-86-43-21-24-46-94(86)107-96-63-83(62-93(106)99(96)102)104(79-57-51-72(52-58-79)68-29-11-5-12-30-68)81-40-26-36-75(60-81)70-33-15-7-16-34-70)101-85-42-20-23-45-90(85)105(77-37-17-8-18-38-77)92-61-82(64-97(108-95)98(92)101)103(78-55-49-71(50-56-78)67-27-9-4-10-28-67)80-39-25-35-74(59-80)69-31-13-6-14-32-69/h4-66H,1-3H3. The van der Waals surface area contributed by atoms with Crippen LogP contribution in [0.2, 0.25) is 0 Å². The van der Waals surface area contributed by atoms with Gasteiger partial charge in [0.1, 0.15) is 0 Å². The van der Waals surface area contributed by atoms with Crippen LogP contribution >= 0.6 is 23.5 Å². The van der Waals surface area contributed by atoms with Gasteiger partial charge in [-0.25, -0.2) is 0 Å². The summed E-state index contributed by atoms with van der Waals surface area (Å²) in [5.74, 6) is 0. The molecule has 8 heteroatoms. The van der Waals surface area contributed by atoms with E-state index in [1.165, 1.54) is 114 Å². The Balaban J connectivity index is 0.836. The maximum Gasteiger partial charge on any atom is 0.249 e. The molecule has 0 aliphatic carbocycles. The predicted molar refractivity (Wildman–Crippen MR) is 461 cm³/mol. The second-order valence-electron chi connectivity index (χ2n) is 29.5. The average Bonchev–Trinajstić information content (AvgIpc) is 0.690. The second kappa shape index (κ2) is 26.9. The Hall–Kier alpha value is -12.5. The Morgan fingerprint density at radius 1 is 0.241 bits per heavy atom. The quantitative estimate of drug-likeness (QED) is 0.106. The van der Waals surface area contributed by atoms with Crippen molar-refractivity contribution in [3.63, 3.8) is 0 Å². The molecule has 108 heavy (non-hydrogen) atoms. The Labute approximate surface area is 642 Å². The van der Waals surface area contributed by atoms with Crippen molar-refractivity contribution in [1.29, 1.82) is 0 Å². The molecule has 0 aromatic heterocycles. The van der Waals surface area contributed by atoms with Crippen molar-refractivity contribution in [2.45, 2.75) is 45.8 Å². The molecule has 0 saturated carbocycles. The lowest BCUT2D eigenvalue weighted by atomic mass is 9.31. The smallest absolute Gasteiger partial charge is 0.249 e. The first-order valence-electron chi connectivity index (χ1n) is 37.3. The van der Waals surface area contributed by atoms with Gasteiger partial charge in [0.05, 0.1) is 5.69 Å². The molecule has 0 unspecified atom stereocenters. The van der Waals surface area contributed by atoms with E-state index in [-0.39, 0.29) is 18.8 Å². The molecule has 0 radical (unpaired) electrons. The van der Waals surface area contributed by atoms with Crippen molar-refractivity contribution in [2.75, 3.05) is 19.6 Å². The van der Waals surface area contributed by atoms with Gasteiger partial charge in [-0.2, -0.15) is 0 Å². The maximum atomic E-state index is 2.66. The third kappa shape index (κ3) is 11.4. The molecule has 0 fully saturated rings. The number of benzene rings is 16.